The fraction of sp³-hybridized carbons (Fsp3) is 0.333. The van der Waals surface area contributed by atoms with E-state index in [2.05, 4.69) is 6.58 Å². The first-order chi connectivity index (χ1) is 10.6. The molecule has 0 N–H and O–H groups in total. The molecule has 22 heavy (non-hydrogen) atoms. The molecule has 1 aromatic carbocycles. The van der Waals surface area contributed by atoms with Crippen LogP contribution in [0.5, 0.6) is 0 Å². The summed E-state index contributed by atoms with van der Waals surface area (Å²) in [5, 5.41) is 0. The predicted molar refractivity (Wildman–Crippen MR) is 81.4 cm³/mol. The first-order valence-corrected chi connectivity index (χ1v) is 7.20. The lowest BCUT2D eigenvalue weighted by Gasteiger charge is -2.34. The van der Waals surface area contributed by atoms with Crippen LogP contribution in [0.1, 0.15) is 22.6 Å². The van der Waals surface area contributed by atoms with E-state index in [-0.39, 0.29) is 17.9 Å². The number of carbonyl (C=O) groups excluding carboxylic acids is 2. The Morgan fingerprint density at radius 1 is 1.32 bits per heavy atom. The number of hydrogen-bond acceptors (Lipinski definition) is 4. The number of carbonyl (C=O) groups is 2. The van der Waals surface area contributed by atoms with Crippen LogP contribution in [-0.4, -0.2) is 26.2 Å². The van der Waals surface area contributed by atoms with Crippen LogP contribution in [0.25, 0.3) is 0 Å². The SMILES string of the molecule is C=C[C@@H]1Cc2cccc3c2[C@]1(C(=O)OC)C=C[C@H]3C(=O)OC. The van der Waals surface area contributed by atoms with Crippen LogP contribution in [-0.2, 0) is 30.9 Å². The summed E-state index contributed by atoms with van der Waals surface area (Å²) < 4.78 is 9.96. The second-order valence-corrected chi connectivity index (χ2v) is 5.65. The van der Waals surface area contributed by atoms with Crippen LogP contribution in [0.15, 0.2) is 43.0 Å². The molecule has 1 aromatic rings. The van der Waals surface area contributed by atoms with Gasteiger partial charge in [0.25, 0.3) is 0 Å². The van der Waals surface area contributed by atoms with Gasteiger partial charge in [0, 0.05) is 5.92 Å². The molecular formula is C18H18O4. The summed E-state index contributed by atoms with van der Waals surface area (Å²) in [5.74, 6) is -1.21. The Morgan fingerprint density at radius 3 is 2.73 bits per heavy atom. The lowest BCUT2D eigenvalue weighted by atomic mass is 9.68. The molecule has 0 fully saturated rings. The third-order valence-electron chi connectivity index (χ3n) is 4.77. The summed E-state index contributed by atoms with van der Waals surface area (Å²) in [6, 6.07) is 5.79. The van der Waals surface area contributed by atoms with Crippen LogP contribution >= 0.6 is 0 Å². The Balaban J connectivity index is 2.27. The van der Waals surface area contributed by atoms with Gasteiger partial charge in [-0.2, -0.15) is 0 Å². The number of methoxy groups -OCH3 is 2. The Labute approximate surface area is 129 Å². The monoisotopic (exact) mass is 298 g/mol. The Bertz CT molecular complexity index is 688. The highest BCUT2D eigenvalue weighted by Crippen LogP contribution is 2.52. The van der Waals surface area contributed by atoms with Crippen molar-refractivity contribution in [2.24, 2.45) is 5.92 Å². The van der Waals surface area contributed by atoms with E-state index in [9.17, 15) is 9.59 Å². The Kier molecular flexibility index (Phi) is 3.39. The molecule has 4 heteroatoms. The van der Waals surface area contributed by atoms with Gasteiger partial charge in [-0.05, 0) is 23.1 Å². The summed E-state index contributed by atoms with van der Waals surface area (Å²) in [7, 11) is 2.76. The van der Waals surface area contributed by atoms with E-state index in [0.717, 1.165) is 16.7 Å². The van der Waals surface area contributed by atoms with Crippen molar-refractivity contribution in [3.63, 3.8) is 0 Å². The maximum atomic E-state index is 12.6. The Hall–Kier alpha value is -2.36. The van der Waals surface area contributed by atoms with Gasteiger partial charge < -0.3 is 9.47 Å². The summed E-state index contributed by atoms with van der Waals surface area (Å²) in [5.41, 5.74) is 1.88. The van der Waals surface area contributed by atoms with E-state index in [0.29, 0.717) is 6.42 Å². The van der Waals surface area contributed by atoms with Gasteiger partial charge in [0.2, 0.25) is 0 Å². The average molecular weight is 298 g/mol. The molecule has 0 aliphatic heterocycles. The highest BCUT2D eigenvalue weighted by molar-refractivity contribution is 5.93. The predicted octanol–water partition coefficient (Wildman–Crippen LogP) is 2.28. The van der Waals surface area contributed by atoms with Gasteiger partial charge >= 0.3 is 11.9 Å². The second-order valence-electron chi connectivity index (χ2n) is 5.65. The third kappa shape index (κ3) is 1.70. The third-order valence-corrected chi connectivity index (χ3v) is 4.77. The molecule has 0 heterocycles. The zero-order valence-electron chi connectivity index (χ0n) is 12.7. The second kappa shape index (κ2) is 5.13. The van der Waals surface area contributed by atoms with Crippen LogP contribution in [0.2, 0.25) is 0 Å². The number of esters is 2. The van der Waals surface area contributed by atoms with Gasteiger partial charge in [0.05, 0.1) is 14.2 Å². The normalized spacial score (nSPS) is 27.9. The molecule has 0 saturated carbocycles. The lowest BCUT2D eigenvalue weighted by molar-refractivity contribution is -0.147. The molecule has 2 aliphatic carbocycles. The maximum absolute atomic E-state index is 12.6. The average Bonchev–Trinajstić information content (AvgIpc) is 2.90. The Morgan fingerprint density at radius 2 is 2.09 bits per heavy atom. The zero-order valence-corrected chi connectivity index (χ0v) is 12.7. The number of hydrogen-bond donors (Lipinski definition) is 0. The molecule has 0 saturated heterocycles. The maximum Gasteiger partial charge on any atom is 0.320 e. The first kappa shape index (κ1) is 14.6. The van der Waals surface area contributed by atoms with Crippen LogP contribution in [0.3, 0.4) is 0 Å². The topological polar surface area (TPSA) is 52.6 Å². The minimum absolute atomic E-state index is 0.0778. The fourth-order valence-electron chi connectivity index (χ4n) is 3.79. The number of benzene rings is 1. The van der Waals surface area contributed by atoms with E-state index >= 15 is 0 Å². The molecule has 0 aromatic heterocycles. The van der Waals surface area contributed by atoms with E-state index in [4.69, 9.17) is 9.47 Å². The quantitative estimate of drug-likeness (QED) is 0.634. The molecule has 0 radical (unpaired) electrons. The molecule has 0 bridgehead atoms. The van der Waals surface area contributed by atoms with Crippen molar-refractivity contribution < 1.29 is 19.1 Å². The molecule has 3 rings (SSSR count). The van der Waals surface area contributed by atoms with Crippen molar-refractivity contribution in [2.75, 3.05) is 14.2 Å². The summed E-state index contributed by atoms with van der Waals surface area (Å²) in [4.78, 5) is 24.6. The molecule has 0 amide bonds. The molecule has 2 aliphatic rings. The van der Waals surface area contributed by atoms with E-state index in [1.54, 1.807) is 18.2 Å². The van der Waals surface area contributed by atoms with Gasteiger partial charge in [0.15, 0.2) is 0 Å². The molecule has 3 atom stereocenters. The van der Waals surface area contributed by atoms with Gasteiger partial charge in [-0.25, -0.2) is 0 Å². The fourth-order valence-corrected chi connectivity index (χ4v) is 3.79. The van der Waals surface area contributed by atoms with Crippen LogP contribution in [0.4, 0.5) is 0 Å². The number of allylic oxidation sites excluding steroid dienone is 1. The molecular weight excluding hydrogens is 280 g/mol. The van der Waals surface area contributed by atoms with Gasteiger partial charge in [-0.1, -0.05) is 36.4 Å². The number of rotatable bonds is 3. The van der Waals surface area contributed by atoms with Crippen molar-refractivity contribution in [3.05, 3.63) is 59.7 Å². The number of ether oxygens (including phenoxy) is 2. The van der Waals surface area contributed by atoms with Crippen molar-refractivity contribution in [1.82, 2.24) is 0 Å². The minimum Gasteiger partial charge on any atom is -0.468 e. The van der Waals surface area contributed by atoms with Crippen LogP contribution in [0, 0.1) is 5.92 Å². The minimum atomic E-state index is -0.882. The van der Waals surface area contributed by atoms with E-state index in [1.807, 2.05) is 18.2 Å². The van der Waals surface area contributed by atoms with Gasteiger partial charge in [0.1, 0.15) is 11.3 Å². The smallest absolute Gasteiger partial charge is 0.320 e. The summed E-state index contributed by atoms with van der Waals surface area (Å²) >= 11 is 0. The van der Waals surface area contributed by atoms with Gasteiger partial charge in [-0.3, -0.25) is 9.59 Å². The largest absolute Gasteiger partial charge is 0.468 e. The van der Waals surface area contributed by atoms with Crippen molar-refractivity contribution in [1.29, 1.82) is 0 Å². The highest BCUT2D eigenvalue weighted by Gasteiger charge is 2.54. The van der Waals surface area contributed by atoms with Crippen molar-refractivity contribution in [2.45, 2.75) is 17.8 Å². The van der Waals surface area contributed by atoms with E-state index < -0.39 is 11.3 Å². The van der Waals surface area contributed by atoms with Crippen molar-refractivity contribution in [3.8, 4) is 0 Å². The lowest BCUT2D eigenvalue weighted by Crippen LogP contribution is -2.41. The zero-order chi connectivity index (χ0) is 15.9. The molecule has 0 unspecified atom stereocenters. The highest BCUT2D eigenvalue weighted by atomic mass is 16.5. The van der Waals surface area contributed by atoms with Gasteiger partial charge in [-0.15, -0.1) is 6.58 Å². The van der Waals surface area contributed by atoms with E-state index in [1.165, 1.54) is 14.2 Å². The summed E-state index contributed by atoms with van der Waals surface area (Å²) in [6.07, 6.45) is 6.05. The molecule has 4 nitrogen and oxygen atoms in total. The summed E-state index contributed by atoms with van der Waals surface area (Å²) in [6.45, 7) is 3.88. The molecule has 114 valence electrons. The molecule has 0 spiro atoms. The van der Waals surface area contributed by atoms with Crippen LogP contribution < -0.4 is 0 Å². The first-order valence-electron chi connectivity index (χ1n) is 7.20. The standard InChI is InChI=1S/C18H18O4/c1-4-12-10-11-6-5-7-13-14(16(19)21-2)8-9-18(12,15(11)13)17(20)22-3/h4-9,12,14H,1,10H2,2-3H3/t12-,14-,18+/m1/s1. The van der Waals surface area contributed by atoms with Crippen molar-refractivity contribution >= 4 is 11.9 Å².